The molecule has 0 N–H and O–H groups in total. The third-order valence-electron chi connectivity index (χ3n) is 6.28. The quantitative estimate of drug-likeness (QED) is 0.192. The number of ether oxygens (including phenoxy) is 1. The molecule has 1 aliphatic rings. The summed E-state index contributed by atoms with van der Waals surface area (Å²) in [6, 6.07) is 30.0. The van der Waals surface area contributed by atoms with Crippen LogP contribution in [0.4, 0.5) is 4.79 Å². The van der Waals surface area contributed by atoms with Crippen LogP contribution in [0.2, 0.25) is 0 Å². The average molecular weight is 443 g/mol. The summed E-state index contributed by atoms with van der Waals surface area (Å²) in [6.07, 6.45) is -0.159. The van der Waals surface area contributed by atoms with Crippen molar-refractivity contribution in [2.45, 2.75) is 32.4 Å². The van der Waals surface area contributed by atoms with Crippen LogP contribution >= 0.6 is 0 Å². The van der Waals surface area contributed by atoms with Gasteiger partial charge in [-0.25, -0.2) is 4.79 Å². The van der Waals surface area contributed by atoms with E-state index < -0.39 is 6.16 Å². The van der Waals surface area contributed by atoms with E-state index in [2.05, 4.69) is 79.5 Å². The Balaban J connectivity index is 1.67. The van der Waals surface area contributed by atoms with Gasteiger partial charge < -0.3 is 4.74 Å². The van der Waals surface area contributed by atoms with Crippen molar-refractivity contribution in [3.05, 3.63) is 102 Å². The van der Waals surface area contributed by atoms with Crippen molar-refractivity contribution in [3.63, 3.8) is 0 Å². The van der Waals surface area contributed by atoms with E-state index in [0.29, 0.717) is 18.1 Å². The largest absolute Gasteiger partial charge is 0.540 e. The minimum absolute atomic E-state index is 0.0851. The number of hydrogen-bond donors (Lipinski definition) is 0. The lowest BCUT2D eigenvalue weighted by molar-refractivity contribution is 0.0863. The van der Waals surface area contributed by atoms with Crippen molar-refractivity contribution >= 4 is 11.9 Å². The molecule has 5 nitrogen and oxygen atoms in total. The SMILES string of the molecule is CC(C)[C@@H]1/C(=N/OC(=O)Oc2ccccc2)C[C@@H](c2ccccc2)N(C)[C@H]1c1ccccc1. The Hall–Kier alpha value is -3.44. The lowest BCUT2D eigenvalue weighted by atomic mass is 9.74. The summed E-state index contributed by atoms with van der Waals surface area (Å²) in [5.41, 5.74) is 3.30. The molecule has 5 heteroatoms. The highest BCUT2D eigenvalue weighted by Gasteiger charge is 2.42. The number of carbonyl (C=O) groups excluding carboxylic acids is 1. The second kappa shape index (κ2) is 10.5. The molecule has 3 aromatic carbocycles. The van der Waals surface area contributed by atoms with E-state index in [4.69, 9.17) is 9.57 Å². The number of benzene rings is 3. The molecule has 3 atom stereocenters. The van der Waals surface area contributed by atoms with E-state index in [1.807, 2.05) is 18.2 Å². The van der Waals surface area contributed by atoms with Crippen molar-refractivity contribution in [1.29, 1.82) is 0 Å². The van der Waals surface area contributed by atoms with Gasteiger partial charge in [0, 0.05) is 24.4 Å². The van der Waals surface area contributed by atoms with Crippen molar-refractivity contribution in [1.82, 2.24) is 4.90 Å². The van der Waals surface area contributed by atoms with E-state index >= 15 is 0 Å². The number of rotatable bonds is 5. The third kappa shape index (κ3) is 5.32. The minimum Gasteiger partial charge on any atom is -0.393 e. The fourth-order valence-electron chi connectivity index (χ4n) is 4.78. The van der Waals surface area contributed by atoms with Gasteiger partial charge in [0.2, 0.25) is 0 Å². The molecular formula is C28H30N2O3. The number of hydrogen-bond acceptors (Lipinski definition) is 5. The second-order valence-electron chi connectivity index (χ2n) is 8.76. The molecule has 1 saturated heterocycles. The Morgan fingerprint density at radius 1 is 0.879 bits per heavy atom. The molecule has 0 spiro atoms. The van der Waals surface area contributed by atoms with Crippen LogP contribution in [0, 0.1) is 11.8 Å². The number of nitrogens with zero attached hydrogens (tertiary/aromatic N) is 2. The summed E-state index contributed by atoms with van der Waals surface area (Å²) in [6.45, 7) is 4.38. The lowest BCUT2D eigenvalue weighted by Gasteiger charge is -2.46. The van der Waals surface area contributed by atoms with E-state index in [1.165, 1.54) is 11.1 Å². The molecule has 0 aliphatic carbocycles. The molecular weight excluding hydrogens is 412 g/mol. The zero-order valence-corrected chi connectivity index (χ0v) is 19.3. The zero-order valence-electron chi connectivity index (χ0n) is 19.3. The summed E-state index contributed by atoms with van der Waals surface area (Å²) in [4.78, 5) is 20.0. The third-order valence-corrected chi connectivity index (χ3v) is 6.28. The van der Waals surface area contributed by atoms with Gasteiger partial charge in [-0.05, 0) is 36.2 Å². The van der Waals surface area contributed by atoms with Gasteiger partial charge in [-0.1, -0.05) is 97.9 Å². The molecule has 0 bridgehead atoms. The Kier molecular flexibility index (Phi) is 7.20. The van der Waals surface area contributed by atoms with Crippen LogP contribution in [0.1, 0.15) is 43.5 Å². The maximum atomic E-state index is 12.3. The van der Waals surface area contributed by atoms with E-state index in [0.717, 1.165) is 5.71 Å². The molecule has 4 rings (SSSR count). The average Bonchev–Trinajstić information content (AvgIpc) is 2.84. The molecule has 0 radical (unpaired) electrons. The van der Waals surface area contributed by atoms with Gasteiger partial charge in [-0.15, -0.1) is 0 Å². The van der Waals surface area contributed by atoms with Crippen LogP contribution < -0.4 is 4.74 Å². The molecule has 0 saturated carbocycles. The standard InChI is InChI=1S/C28H30N2O3/c1-20(2)26-24(29-33-28(31)32-23-17-11-6-12-18-23)19-25(21-13-7-4-8-14-21)30(3)27(26)22-15-9-5-10-16-22/h4-18,20,25-27H,19H2,1-3H3/b29-24+/t25-,26+,27-/m0/s1. The highest BCUT2D eigenvalue weighted by atomic mass is 16.8. The molecule has 1 aliphatic heterocycles. The van der Waals surface area contributed by atoms with E-state index in [-0.39, 0.29) is 18.0 Å². The Morgan fingerprint density at radius 2 is 1.42 bits per heavy atom. The van der Waals surface area contributed by atoms with Crippen molar-refractivity contribution in [3.8, 4) is 5.75 Å². The van der Waals surface area contributed by atoms with E-state index in [1.54, 1.807) is 24.3 Å². The molecule has 3 aromatic rings. The van der Waals surface area contributed by atoms with Gasteiger partial charge in [-0.3, -0.25) is 9.74 Å². The van der Waals surface area contributed by atoms with Gasteiger partial charge >= 0.3 is 6.16 Å². The Bertz CT molecular complexity index is 1070. The van der Waals surface area contributed by atoms with Gasteiger partial charge in [0.1, 0.15) is 5.75 Å². The van der Waals surface area contributed by atoms with Crippen molar-refractivity contribution < 1.29 is 14.4 Å². The summed E-state index contributed by atoms with van der Waals surface area (Å²) in [7, 11) is 2.17. The van der Waals surface area contributed by atoms with Gasteiger partial charge in [-0.2, -0.15) is 0 Å². The van der Waals surface area contributed by atoms with Crippen LogP contribution in [-0.4, -0.2) is 23.8 Å². The van der Waals surface area contributed by atoms with Gasteiger partial charge in [0.15, 0.2) is 0 Å². The first-order chi connectivity index (χ1) is 16.0. The van der Waals surface area contributed by atoms with Crippen LogP contribution in [0.5, 0.6) is 5.75 Å². The first-order valence-corrected chi connectivity index (χ1v) is 11.4. The zero-order chi connectivity index (χ0) is 23.2. The van der Waals surface area contributed by atoms with Crippen LogP contribution in [0.3, 0.4) is 0 Å². The summed E-state index contributed by atoms with van der Waals surface area (Å²) in [5.74, 6) is 0.805. The smallest absolute Gasteiger partial charge is 0.393 e. The highest BCUT2D eigenvalue weighted by Crippen LogP contribution is 2.45. The highest BCUT2D eigenvalue weighted by molar-refractivity contribution is 5.89. The molecule has 170 valence electrons. The predicted octanol–water partition coefficient (Wildman–Crippen LogP) is 6.65. The van der Waals surface area contributed by atoms with Crippen LogP contribution in [0.15, 0.2) is 96.2 Å². The fourth-order valence-corrected chi connectivity index (χ4v) is 4.78. The first-order valence-electron chi connectivity index (χ1n) is 11.4. The number of para-hydroxylation sites is 1. The molecule has 0 amide bonds. The van der Waals surface area contributed by atoms with Crippen LogP contribution in [0.25, 0.3) is 0 Å². The number of oxime groups is 1. The second-order valence-corrected chi connectivity index (χ2v) is 8.76. The predicted molar refractivity (Wildman–Crippen MR) is 130 cm³/mol. The Labute approximate surface area is 195 Å². The van der Waals surface area contributed by atoms with Gasteiger partial charge in [0.25, 0.3) is 0 Å². The topological polar surface area (TPSA) is 51.1 Å². The number of piperidine rings is 1. The molecule has 1 fully saturated rings. The molecule has 1 heterocycles. The molecule has 0 aromatic heterocycles. The summed E-state index contributed by atoms with van der Waals surface area (Å²) >= 11 is 0. The first kappa shape index (κ1) is 22.7. The lowest BCUT2D eigenvalue weighted by Crippen LogP contribution is -2.45. The van der Waals surface area contributed by atoms with E-state index in [9.17, 15) is 4.79 Å². The summed E-state index contributed by atoms with van der Waals surface area (Å²) < 4.78 is 5.27. The Morgan fingerprint density at radius 3 is 2.00 bits per heavy atom. The summed E-state index contributed by atoms with van der Waals surface area (Å²) in [5, 5.41) is 4.38. The number of carbonyl (C=O) groups is 1. The van der Waals surface area contributed by atoms with Gasteiger partial charge in [0.05, 0.1) is 5.71 Å². The fraction of sp³-hybridized carbons (Fsp3) is 0.286. The maximum Gasteiger partial charge on any atom is 0.540 e. The van der Waals surface area contributed by atoms with Crippen molar-refractivity contribution in [2.75, 3.05) is 7.05 Å². The normalized spacial score (nSPS) is 22.3. The minimum atomic E-state index is -0.831. The maximum absolute atomic E-state index is 12.3. The monoisotopic (exact) mass is 442 g/mol. The van der Waals surface area contributed by atoms with Crippen molar-refractivity contribution in [2.24, 2.45) is 17.0 Å². The molecule has 0 unspecified atom stereocenters. The number of likely N-dealkylation sites (tertiary alicyclic amines) is 1. The van der Waals surface area contributed by atoms with Crippen LogP contribution in [-0.2, 0) is 4.84 Å². The molecule has 33 heavy (non-hydrogen) atoms.